The molecule has 0 amide bonds. The Morgan fingerprint density at radius 2 is 1.78 bits per heavy atom. The van der Waals surface area contributed by atoms with E-state index in [0.717, 1.165) is 0 Å². The molecule has 3 heteroatoms. The zero-order valence-corrected chi connectivity index (χ0v) is 4.73. The summed E-state index contributed by atoms with van der Waals surface area (Å²) in [6.07, 6.45) is 0. The van der Waals surface area contributed by atoms with Crippen LogP contribution >= 0.6 is 0 Å². The summed E-state index contributed by atoms with van der Waals surface area (Å²) < 4.78 is 0. The van der Waals surface area contributed by atoms with E-state index in [4.69, 9.17) is 10.7 Å². The van der Waals surface area contributed by atoms with Crippen LogP contribution in [0.25, 0.3) is 5.53 Å². The van der Waals surface area contributed by atoms with Gasteiger partial charge in [-0.3, -0.25) is 5.21 Å². The third-order valence-electron chi connectivity index (χ3n) is 0.987. The first-order chi connectivity index (χ1) is 4.30. The first-order valence-corrected chi connectivity index (χ1v) is 2.53. The summed E-state index contributed by atoms with van der Waals surface area (Å²) in [7, 11) is 0. The molecular weight excluding hydrogens is 116 g/mol. The molecule has 3 nitrogen and oxygen atoms in total. The van der Waals surface area contributed by atoms with Gasteiger partial charge in [0.1, 0.15) is 0 Å². The Morgan fingerprint density at radius 1 is 1.22 bits per heavy atom. The highest BCUT2D eigenvalue weighted by Crippen LogP contribution is 2.06. The summed E-state index contributed by atoms with van der Waals surface area (Å²) in [5, 5.41) is 8.41. The second kappa shape index (κ2) is 2.26. The third kappa shape index (κ3) is 1.25. The minimum atomic E-state index is 0.0833. The molecular formula is C6H6N2O. The third-order valence-corrected chi connectivity index (χ3v) is 0.987. The van der Waals surface area contributed by atoms with Crippen LogP contribution in [-0.2, 0) is 0 Å². The second-order valence-electron chi connectivity index (χ2n) is 1.62. The molecule has 0 fully saturated rings. The SMILES string of the molecule is [N-]=[N+](O)c1ccccc1. The summed E-state index contributed by atoms with van der Waals surface area (Å²) >= 11 is 0. The van der Waals surface area contributed by atoms with E-state index in [0.29, 0.717) is 5.69 Å². The number of nitrogens with zero attached hydrogens (tertiary/aromatic N) is 2. The monoisotopic (exact) mass is 122 g/mol. The van der Waals surface area contributed by atoms with E-state index in [1.807, 2.05) is 0 Å². The Bertz CT molecular complexity index is 208. The fourth-order valence-corrected chi connectivity index (χ4v) is 0.561. The van der Waals surface area contributed by atoms with Crippen molar-refractivity contribution in [3.63, 3.8) is 0 Å². The largest absolute Gasteiger partial charge is 0.444 e. The van der Waals surface area contributed by atoms with Crippen LogP contribution in [0.3, 0.4) is 0 Å². The minimum absolute atomic E-state index is 0.0833. The number of para-hydroxylation sites is 1. The van der Waals surface area contributed by atoms with Crippen molar-refractivity contribution >= 4 is 5.69 Å². The maximum atomic E-state index is 8.41. The minimum Gasteiger partial charge on any atom is -0.444 e. The van der Waals surface area contributed by atoms with Crippen LogP contribution in [0.15, 0.2) is 30.3 Å². The average molecular weight is 122 g/mol. The highest BCUT2D eigenvalue weighted by Gasteiger charge is 1.94. The molecule has 1 N–H and O–H groups in total. The van der Waals surface area contributed by atoms with E-state index >= 15 is 0 Å². The normalized spacial score (nSPS) is 8.89. The van der Waals surface area contributed by atoms with E-state index in [1.54, 1.807) is 30.3 Å². The Morgan fingerprint density at radius 3 is 2.11 bits per heavy atom. The highest BCUT2D eigenvalue weighted by molar-refractivity contribution is 5.27. The Kier molecular flexibility index (Phi) is 1.44. The van der Waals surface area contributed by atoms with E-state index in [-0.39, 0.29) is 4.86 Å². The van der Waals surface area contributed by atoms with E-state index < -0.39 is 0 Å². The van der Waals surface area contributed by atoms with Gasteiger partial charge in [-0.25, -0.2) is 0 Å². The van der Waals surface area contributed by atoms with Crippen LogP contribution in [0.2, 0.25) is 0 Å². The van der Waals surface area contributed by atoms with Gasteiger partial charge >= 0.3 is 0 Å². The fourth-order valence-electron chi connectivity index (χ4n) is 0.561. The lowest BCUT2D eigenvalue weighted by Gasteiger charge is -1.90. The predicted octanol–water partition coefficient (Wildman–Crippen LogP) is 1.74. The Labute approximate surface area is 52.6 Å². The summed E-state index contributed by atoms with van der Waals surface area (Å²) in [4.78, 5) is 0.0833. The van der Waals surface area contributed by atoms with Gasteiger partial charge in [0.05, 0.1) is 0 Å². The van der Waals surface area contributed by atoms with Crippen LogP contribution in [-0.4, -0.2) is 10.1 Å². The summed E-state index contributed by atoms with van der Waals surface area (Å²) in [5.41, 5.74) is 8.77. The lowest BCUT2D eigenvalue weighted by atomic mass is 10.3. The molecule has 0 aliphatic heterocycles. The molecule has 0 aromatic heterocycles. The van der Waals surface area contributed by atoms with Gasteiger partial charge in [-0.2, -0.15) is 0 Å². The zero-order chi connectivity index (χ0) is 6.69. The van der Waals surface area contributed by atoms with Gasteiger partial charge in [-0.15, -0.1) is 0 Å². The molecule has 0 spiro atoms. The maximum absolute atomic E-state index is 8.41. The number of benzene rings is 1. The van der Waals surface area contributed by atoms with Crippen molar-refractivity contribution in [3.05, 3.63) is 35.9 Å². The second-order valence-corrected chi connectivity index (χ2v) is 1.62. The van der Waals surface area contributed by atoms with Crippen molar-refractivity contribution in [1.82, 2.24) is 0 Å². The molecule has 1 aromatic rings. The van der Waals surface area contributed by atoms with Crippen LogP contribution in [0.5, 0.6) is 0 Å². The number of hydrogen-bond acceptors (Lipinski definition) is 0. The average Bonchev–Trinajstić information content (AvgIpc) is 1.90. The smallest absolute Gasteiger partial charge is 0.243 e. The zero-order valence-electron chi connectivity index (χ0n) is 4.73. The van der Waals surface area contributed by atoms with Crippen molar-refractivity contribution in [3.8, 4) is 0 Å². The van der Waals surface area contributed by atoms with Crippen LogP contribution < -0.4 is 0 Å². The molecule has 0 bridgehead atoms. The lowest BCUT2D eigenvalue weighted by molar-refractivity contribution is -0.730. The van der Waals surface area contributed by atoms with Gasteiger partial charge in [0.2, 0.25) is 5.69 Å². The molecule has 0 saturated heterocycles. The van der Waals surface area contributed by atoms with Crippen LogP contribution in [0, 0.1) is 0 Å². The summed E-state index contributed by atoms with van der Waals surface area (Å²) in [6, 6.07) is 8.40. The molecule has 0 unspecified atom stereocenters. The predicted molar refractivity (Wildman–Crippen MR) is 31.5 cm³/mol. The molecule has 46 valence electrons. The van der Waals surface area contributed by atoms with Crippen molar-refractivity contribution < 1.29 is 10.1 Å². The number of hydrogen-bond donors (Lipinski definition) is 1. The quantitative estimate of drug-likeness (QED) is 0.344. The molecule has 0 heterocycles. The van der Waals surface area contributed by atoms with Crippen molar-refractivity contribution in [1.29, 1.82) is 0 Å². The molecule has 9 heavy (non-hydrogen) atoms. The lowest BCUT2D eigenvalue weighted by Crippen LogP contribution is -1.88. The van der Waals surface area contributed by atoms with Crippen molar-refractivity contribution in [2.45, 2.75) is 0 Å². The van der Waals surface area contributed by atoms with Gasteiger partial charge in [0.25, 0.3) is 0 Å². The molecule has 0 radical (unpaired) electrons. The van der Waals surface area contributed by atoms with Gasteiger partial charge in [0, 0.05) is 12.1 Å². The first kappa shape index (κ1) is 5.75. The highest BCUT2D eigenvalue weighted by atomic mass is 16.5. The number of rotatable bonds is 1. The molecule has 0 aliphatic rings. The first-order valence-electron chi connectivity index (χ1n) is 2.53. The van der Waals surface area contributed by atoms with Gasteiger partial charge < -0.3 is 5.53 Å². The van der Waals surface area contributed by atoms with Crippen molar-refractivity contribution in [2.75, 3.05) is 0 Å². The molecule has 0 saturated carbocycles. The van der Waals surface area contributed by atoms with Crippen LogP contribution in [0.4, 0.5) is 5.69 Å². The molecule has 1 aromatic carbocycles. The van der Waals surface area contributed by atoms with E-state index in [1.165, 1.54) is 0 Å². The molecule has 1 rings (SSSR count). The van der Waals surface area contributed by atoms with E-state index in [9.17, 15) is 0 Å². The fraction of sp³-hybridized carbons (Fsp3) is 0. The van der Waals surface area contributed by atoms with Crippen molar-refractivity contribution in [2.24, 2.45) is 0 Å². The molecule has 0 atom stereocenters. The van der Waals surface area contributed by atoms with E-state index in [2.05, 4.69) is 0 Å². The van der Waals surface area contributed by atoms with Gasteiger partial charge in [-0.1, -0.05) is 23.1 Å². The Balaban J connectivity index is 2.98. The topological polar surface area (TPSA) is 45.5 Å². The summed E-state index contributed by atoms with van der Waals surface area (Å²) in [6.45, 7) is 0. The maximum Gasteiger partial charge on any atom is 0.243 e. The standard InChI is InChI=1S/C6H6N2O/c7-8(9)6-4-2-1-3-5-6/h1-5,9H. The van der Waals surface area contributed by atoms with Gasteiger partial charge in [-0.05, 0) is 0 Å². The Hall–Kier alpha value is -1.38. The summed E-state index contributed by atoms with van der Waals surface area (Å²) in [5.74, 6) is 0. The van der Waals surface area contributed by atoms with Gasteiger partial charge in [0.15, 0.2) is 0 Å². The van der Waals surface area contributed by atoms with Crippen LogP contribution in [0.1, 0.15) is 0 Å². The molecule has 0 aliphatic carbocycles.